The Bertz CT molecular complexity index is 715. The number of carbonyl (C=O) groups is 2. The van der Waals surface area contributed by atoms with Crippen LogP contribution < -0.4 is 10.1 Å². The molecule has 23 heavy (non-hydrogen) atoms. The molecule has 0 aromatic heterocycles. The molecule has 0 bridgehead atoms. The van der Waals surface area contributed by atoms with Crippen molar-refractivity contribution in [2.75, 3.05) is 5.32 Å². The maximum atomic E-state index is 12.4. The first-order chi connectivity index (χ1) is 11.0. The summed E-state index contributed by atoms with van der Waals surface area (Å²) in [5.74, 6) is 0.216. The van der Waals surface area contributed by atoms with E-state index in [1.165, 1.54) is 6.92 Å². The SMILES string of the molecule is CCC(Oc1cccc(Cl)c1)C(=O)Nc1cccc(C(C)=O)c1. The second-order valence-electron chi connectivity index (χ2n) is 5.10. The molecule has 0 spiro atoms. The van der Waals surface area contributed by atoms with Crippen molar-refractivity contribution in [2.24, 2.45) is 0 Å². The molecular formula is C18H18ClNO3. The van der Waals surface area contributed by atoms with E-state index in [1.807, 2.05) is 6.92 Å². The molecule has 120 valence electrons. The fourth-order valence-corrected chi connectivity index (χ4v) is 2.25. The van der Waals surface area contributed by atoms with E-state index in [0.717, 1.165) is 0 Å². The van der Waals surface area contributed by atoms with E-state index in [4.69, 9.17) is 16.3 Å². The van der Waals surface area contributed by atoms with Crippen molar-refractivity contribution in [2.45, 2.75) is 26.4 Å². The predicted octanol–water partition coefficient (Wildman–Crippen LogP) is 4.34. The van der Waals surface area contributed by atoms with Crippen LogP contribution >= 0.6 is 11.6 Å². The molecule has 5 heteroatoms. The zero-order valence-corrected chi connectivity index (χ0v) is 13.8. The average Bonchev–Trinajstić information content (AvgIpc) is 2.52. The first kappa shape index (κ1) is 17.0. The lowest BCUT2D eigenvalue weighted by atomic mass is 10.1. The molecular weight excluding hydrogens is 314 g/mol. The highest BCUT2D eigenvalue weighted by molar-refractivity contribution is 6.30. The summed E-state index contributed by atoms with van der Waals surface area (Å²) in [6.07, 6.45) is -0.139. The summed E-state index contributed by atoms with van der Waals surface area (Å²) in [4.78, 5) is 23.8. The third-order valence-corrected chi connectivity index (χ3v) is 3.51. The summed E-state index contributed by atoms with van der Waals surface area (Å²) < 4.78 is 5.69. The summed E-state index contributed by atoms with van der Waals surface area (Å²) >= 11 is 5.92. The number of amides is 1. The molecule has 1 unspecified atom stereocenters. The van der Waals surface area contributed by atoms with Gasteiger partial charge in [0.05, 0.1) is 0 Å². The van der Waals surface area contributed by atoms with Crippen LogP contribution in [0.3, 0.4) is 0 Å². The molecule has 1 amide bonds. The lowest BCUT2D eigenvalue weighted by Crippen LogP contribution is -2.32. The van der Waals surface area contributed by atoms with Gasteiger partial charge in [0, 0.05) is 16.3 Å². The third-order valence-electron chi connectivity index (χ3n) is 3.27. The van der Waals surface area contributed by atoms with Crippen LogP contribution in [0.15, 0.2) is 48.5 Å². The van der Waals surface area contributed by atoms with E-state index in [1.54, 1.807) is 48.5 Å². The Hall–Kier alpha value is -2.33. The second-order valence-corrected chi connectivity index (χ2v) is 5.53. The van der Waals surface area contributed by atoms with Gasteiger partial charge in [0.2, 0.25) is 0 Å². The van der Waals surface area contributed by atoms with Crippen LogP contribution in [0.1, 0.15) is 30.6 Å². The molecule has 0 aliphatic carbocycles. The highest BCUT2D eigenvalue weighted by Gasteiger charge is 2.19. The molecule has 1 N–H and O–H groups in total. The zero-order chi connectivity index (χ0) is 16.8. The van der Waals surface area contributed by atoms with Crippen LogP contribution in [0.5, 0.6) is 5.75 Å². The summed E-state index contributed by atoms with van der Waals surface area (Å²) in [6.45, 7) is 3.35. The lowest BCUT2D eigenvalue weighted by Gasteiger charge is -2.17. The first-order valence-corrected chi connectivity index (χ1v) is 7.71. The van der Waals surface area contributed by atoms with E-state index in [0.29, 0.717) is 28.4 Å². The summed E-state index contributed by atoms with van der Waals surface area (Å²) in [5, 5.41) is 3.32. The normalized spacial score (nSPS) is 11.6. The Morgan fingerprint density at radius 2 is 1.91 bits per heavy atom. The van der Waals surface area contributed by atoms with Gasteiger partial charge in [0.25, 0.3) is 5.91 Å². The number of hydrogen-bond acceptors (Lipinski definition) is 3. The molecule has 0 radical (unpaired) electrons. The Balaban J connectivity index is 2.08. The molecule has 4 nitrogen and oxygen atoms in total. The topological polar surface area (TPSA) is 55.4 Å². The van der Waals surface area contributed by atoms with Crippen LogP contribution in [0.25, 0.3) is 0 Å². The van der Waals surface area contributed by atoms with Gasteiger partial charge in [0.1, 0.15) is 5.75 Å². The third kappa shape index (κ3) is 4.83. The summed E-state index contributed by atoms with van der Waals surface area (Å²) in [5.41, 5.74) is 1.11. The molecule has 2 aromatic carbocycles. The van der Waals surface area contributed by atoms with E-state index in [9.17, 15) is 9.59 Å². The average molecular weight is 332 g/mol. The van der Waals surface area contributed by atoms with Crippen molar-refractivity contribution in [1.29, 1.82) is 0 Å². The first-order valence-electron chi connectivity index (χ1n) is 7.33. The lowest BCUT2D eigenvalue weighted by molar-refractivity contribution is -0.122. The van der Waals surface area contributed by atoms with Gasteiger partial charge in [-0.05, 0) is 43.7 Å². The number of rotatable bonds is 6. The number of ketones is 1. The van der Waals surface area contributed by atoms with Gasteiger partial charge in [-0.2, -0.15) is 0 Å². The molecule has 1 atom stereocenters. The van der Waals surface area contributed by atoms with Gasteiger partial charge in [-0.1, -0.05) is 36.7 Å². The number of Topliss-reactive ketones (excluding diaryl/α,β-unsaturated/α-hetero) is 1. The van der Waals surface area contributed by atoms with Crippen molar-refractivity contribution in [1.82, 2.24) is 0 Å². The molecule has 2 rings (SSSR count). The maximum Gasteiger partial charge on any atom is 0.265 e. The van der Waals surface area contributed by atoms with Crippen LogP contribution in [0.4, 0.5) is 5.69 Å². The number of ether oxygens (including phenoxy) is 1. The number of benzene rings is 2. The summed E-state index contributed by atoms with van der Waals surface area (Å²) in [7, 11) is 0. The minimum absolute atomic E-state index is 0.0525. The van der Waals surface area contributed by atoms with Gasteiger partial charge in [-0.3, -0.25) is 9.59 Å². The monoisotopic (exact) mass is 331 g/mol. The molecule has 2 aromatic rings. The molecule has 0 aliphatic rings. The standard InChI is InChI=1S/C18H18ClNO3/c1-3-17(23-16-9-5-7-14(19)11-16)18(22)20-15-8-4-6-13(10-15)12(2)21/h4-11,17H,3H2,1-2H3,(H,20,22). The second kappa shape index (κ2) is 7.79. The highest BCUT2D eigenvalue weighted by Crippen LogP contribution is 2.20. The molecule has 0 aliphatic heterocycles. The number of nitrogens with one attached hydrogen (secondary N) is 1. The molecule has 0 saturated carbocycles. The minimum Gasteiger partial charge on any atom is -0.481 e. The Kier molecular flexibility index (Phi) is 5.77. The maximum absolute atomic E-state index is 12.4. The van der Waals surface area contributed by atoms with Crippen molar-refractivity contribution in [3.8, 4) is 5.75 Å². The number of hydrogen-bond donors (Lipinski definition) is 1. The van der Waals surface area contributed by atoms with Gasteiger partial charge >= 0.3 is 0 Å². The highest BCUT2D eigenvalue weighted by atomic mass is 35.5. The van der Waals surface area contributed by atoms with E-state index in [-0.39, 0.29) is 11.7 Å². The van der Waals surface area contributed by atoms with Gasteiger partial charge in [-0.25, -0.2) is 0 Å². The zero-order valence-electron chi connectivity index (χ0n) is 13.0. The van der Waals surface area contributed by atoms with E-state index >= 15 is 0 Å². The van der Waals surface area contributed by atoms with Gasteiger partial charge in [0.15, 0.2) is 11.9 Å². The van der Waals surface area contributed by atoms with Gasteiger partial charge in [-0.15, -0.1) is 0 Å². The van der Waals surface area contributed by atoms with Crippen LogP contribution in [0, 0.1) is 0 Å². The van der Waals surface area contributed by atoms with Gasteiger partial charge < -0.3 is 10.1 Å². The number of halogens is 1. The molecule has 0 saturated heterocycles. The minimum atomic E-state index is -0.644. The van der Waals surface area contributed by atoms with Crippen molar-refractivity contribution >= 4 is 29.0 Å². The quantitative estimate of drug-likeness (QED) is 0.801. The Morgan fingerprint density at radius 1 is 1.17 bits per heavy atom. The van der Waals surface area contributed by atoms with Crippen molar-refractivity contribution in [3.63, 3.8) is 0 Å². The molecule has 0 fully saturated rings. The Morgan fingerprint density at radius 3 is 2.57 bits per heavy atom. The smallest absolute Gasteiger partial charge is 0.265 e. The summed E-state index contributed by atoms with van der Waals surface area (Å²) in [6, 6.07) is 13.7. The number of anilines is 1. The van der Waals surface area contributed by atoms with Crippen LogP contribution in [-0.4, -0.2) is 17.8 Å². The predicted molar refractivity (Wildman–Crippen MR) is 91.2 cm³/mol. The molecule has 0 heterocycles. The largest absolute Gasteiger partial charge is 0.481 e. The van der Waals surface area contributed by atoms with E-state index in [2.05, 4.69) is 5.32 Å². The van der Waals surface area contributed by atoms with Crippen molar-refractivity contribution < 1.29 is 14.3 Å². The fourth-order valence-electron chi connectivity index (χ4n) is 2.07. The Labute approximate surface area is 140 Å². The fraction of sp³-hybridized carbons (Fsp3) is 0.222. The van der Waals surface area contributed by atoms with Crippen LogP contribution in [0.2, 0.25) is 5.02 Å². The van der Waals surface area contributed by atoms with E-state index < -0.39 is 6.10 Å². The number of carbonyl (C=O) groups excluding carboxylic acids is 2. The van der Waals surface area contributed by atoms with Crippen molar-refractivity contribution in [3.05, 3.63) is 59.1 Å². The van der Waals surface area contributed by atoms with Crippen LogP contribution in [-0.2, 0) is 4.79 Å².